The number of piperidine rings is 1. The van der Waals surface area contributed by atoms with Crippen LogP contribution in [0, 0.1) is 11.8 Å². The fourth-order valence-corrected chi connectivity index (χ4v) is 4.46. The Kier molecular flexibility index (Phi) is 4.45. The summed E-state index contributed by atoms with van der Waals surface area (Å²) in [6.45, 7) is 3.25. The van der Waals surface area contributed by atoms with Crippen molar-refractivity contribution in [1.82, 2.24) is 4.90 Å². The van der Waals surface area contributed by atoms with Crippen LogP contribution in [0.4, 0.5) is 5.69 Å². The summed E-state index contributed by atoms with van der Waals surface area (Å²) in [5, 5.41) is 12.8. The van der Waals surface area contributed by atoms with Crippen molar-refractivity contribution < 1.29 is 9.90 Å². The smallest absolute Gasteiger partial charge is 0.335 e. The molecule has 130 valence electrons. The molecule has 1 aliphatic carbocycles. The molecule has 0 aromatic heterocycles. The average Bonchev–Trinajstić information content (AvgIpc) is 2.85. The lowest BCUT2D eigenvalue weighted by molar-refractivity contribution is 0.0697. The van der Waals surface area contributed by atoms with E-state index in [1.54, 1.807) is 12.1 Å². The number of anilines is 1. The van der Waals surface area contributed by atoms with Gasteiger partial charge in [-0.2, -0.15) is 0 Å². The third kappa shape index (κ3) is 3.54. The maximum Gasteiger partial charge on any atom is 0.335 e. The van der Waals surface area contributed by atoms with Gasteiger partial charge in [-0.3, -0.25) is 4.90 Å². The largest absolute Gasteiger partial charge is 0.478 e. The Morgan fingerprint density at radius 2 is 1.76 bits per heavy atom. The van der Waals surface area contributed by atoms with Gasteiger partial charge >= 0.3 is 5.97 Å². The molecule has 1 saturated heterocycles. The molecule has 1 saturated carbocycles. The predicted octanol–water partition coefficient (Wildman–Crippen LogP) is 3.71. The summed E-state index contributed by atoms with van der Waals surface area (Å²) in [7, 11) is 0. The van der Waals surface area contributed by atoms with Crippen LogP contribution in [0.1, 0.15) is 28.8 Å². The van der Waals surface area contributed by atoms with Crippen molar-refractivity contribution in [3.63, 3.8) is 0 Å². The van der Waals surface area contributed by atoms with E-state index in [2.05, 4.69) is 40.5 Å². The first-order chi connectivity index (χ1) is 12.2. The van der Waals surface area contributed by atoms with Gasteiger partial charge in [-0.15, -0.1) is 0 Å². The second kappa shape index (κ2) is 6.89. The van der Waals surface area contributed by atoms with Gasteiger partial charge in [0.2, 0.25) is 0 Å². The summed E-state index contributed by atoms with van der Waals surface area (Å²) >= 11 is 0. The predicted molar refractivity (Wildman–Crippen MR) is 98.7 cm³/mol. The van der Waals surface area contributed by atoms with E-state index in [9.17, 15) is 9.90 Å². The lowest BCUT2D eigenvalue weighted by Gasteiger charge is -2.39. The number of carbonyl (C=O) groups is 1. The van der Waals surface area contributed by atoms with Gasteiger partial charge in [0.05, 0.1) is 5.56 Å². The van der Waals surface area contributed by atoms with Crippen molar-refractivity contribution in [1.29, 1.82) is 0 Å². The van der Waals surface area contributed by atoms with E-state index in [1.165, 1.54) is 18.4 Å². The van der Waals surface area contributed by atoms with E-state index in [4.69, 9.17) is 0 Å². The maximum atomic E-state index is 11.2. The van der Waals surface area contributed by atoms with Crippen molar-refractivity contribution >= 4 is 11.7 Å². The van der Waals surface area contributed by atoms with E-state index in [0.29, 0.717) is 23.4 Å². The minimum Gasteiger partial charge on any atom is -0.478 e. The van der Waals surface area contributed by atoms with Gasteiger partial charge in [-0.25, -0.2) is 4.79 Å². The molecule has 1 heterocycles. The van der Waals surface area contributed by atoms with Crippen LogP contribution in [0.5, 0.6) is 0 Å². The van der Waals surface area contributed by atoms with E-state index in [-0.39, 0.29) is 0 Å². The third-order valence-electron chi connectivity index (χ3n) is 5.60. The molecular weight excluding hydrogens is 312 g/mol. The summed E-state index contributed by atoms with van der Waals surface area (Å²) < 4.78 is 0. The Bertz CT molecular complexity index is 733. The Morgan fingerprint density at radius 1 is 1.04 bits per heavy atom. The first-order valence-corrected chi connectivity index (χ1v) is 9.05. The molecule has 25 heavy (non-hydrogen) atoms. The molecule has 0 radical (unpaired) electrons. The first kappa shape index (κ1) is 16.2. The van der Waals surface area contributed by atoms with Gasteiger partial charge < -0.3 is 10.4 Å². The molecule has 2 atom stereocenters. The number of hydrogen-bond acceptors (Lipinski definition) is 3. The molecule has 0 amide bonds. The van der Waals surface area contributed by atoms with Crippen LogP contribution >= 0.6 is 0 Å². The number of benzene rings is 2. The van der Waals surface area contributed by atoms with Crippen molar-refractivity contribution in [2.24, 2.45) is 11.8 Å². The van der Waals surface area contributed by atoms with E-state index in [0.717, 1.165) is 25.3 Å². The molecule has 4 nitrogen and oxygen atoms in total. The summed E-state index contributed by atoms with van der Waals surface area (Å²) in [5.74, 6) is 0.399. The second-order valence-electron chi connectivity index (χ2n) is 7.33. The first-order valence-electron chi connectivity index (χ1n) is 9.05. The molecule has 2 fully saturated rings. The summed E-state index contributed by atoms with van der Waals surface area (Å²) in [6, 6.07) is 18.3. The van der Waals surface area contributed by atoms with Crippen molar-refractivity contribution in [3.05, 3.63) is 65.7 Å². The Balaban J connectivity index is 1.42. The zero-order valence-corrected chi connectivity index (χ0v) is 14.3. The number of aromatic carboxylic acids is 1. The number of fused-ring (bicyclic) bond motifs is 2. The van der Waals surface area contributed by atoms with Gasteiger partial charge in [0.15, 0.2) is 0 Å². The van der Waals surface area contributed by atoms with Crippen LogP contribution in [-0.2, 0) is 6.54 Å². The normalized spacial score (nSPS) is 25.7. The Hall–Kier alpha value is -2.33. The van der Waals surface area contributed by atoms with Crippen LogP contribution in [-0.4, -0.2) is 35.1 Å². The van der Waals surface area contributed by atoms with Crippen molar-refractivity contribution in [3.8, 4) is 0 Å². The van der Waals surface area contributed by atoms with Crippen LogP contribution in [0.15, 0.2) is 54.6 Å². The van der Waals surface area contributed by atoms with Gasteiger partial charge in [0.1, 0.15) is 0 Å². The fraction of sp³-hybridized carbons (Fsp3) is 0.381. The number of rotatable bonds is 5. The lowest BCUT2D eigenvalue weighted by Crippen LogP contribution is -2.47. The van der Waals surface area contributed by atoms with Gasteiger partial charge in [-0.1, -0.05) is 36.4 Å². The fourth-order valence-electron chi connectivity index (χ4n) is 4.46. The third-order valence-corrected chi connectivity index (χ3v) is 5.60. The highest BCUT2D eigenvalue weighted by Crippen LogP contribution is 2.39. The van der Waals surface area contributed by atoms with Crippen LogP contribution in [0.3, 0.4) is 0 Å². The number of carboxylic acid groups (broad SMARTS) is 1. The van der Waals surface area contributed by atoms with E-state index >= 15 is 0 Å². The molecular formula is C21H24N2O2. The molecule has 2 aromatic carbocycles. The van der Waals surface area contributed by atoms with Gasteiger partial charge in [0.25, 0.3) is 0 Å². The number of nitrogens with zero attached hydrogens (tertiary/aromatic N) is 1. The maximum absolute atomic E-state index is 11.2. The number of hydrogen-bond donors (Lipinski definition) is 2. The number of nitrogens with one attached hydrogen (secondary N) is 1. The molecule has 2 unspecified atom stereocenters. The molecule has 2 aliphatic rings. The van der Waals surface area contributed by atoms with Crippen molar-refractivity contribution in [2.45, 2.75) is 25.4 Å². The molecule has 4 rings (SSSR count). The minimum atomic E-state index is -0.871. The molecule has 0 spiro atoms. The van der Waals surface area contributed by atoms with Crippen LogP contribution in [0.2, 0.25) is 0 Å². The van der Waals surface area contributed by atoms with Crippen molar-refractivity contribution in [2.75, 3.05) is 18.4 Å². The Labute approximate surface area is 148 Å². The number of likely N-dealkylation sites (tertiary alicyclic amines) is 1. The monoisotopic (exact) mass is 336 g/mol. The lowest BCUT2D eigenvalue weighted by atomic mass is 9.91. The molecule has 2 aromatic rings. The SMILES string of the molecule is O=C(O)c1cccc(NC2C3CCC2CN(Cc2ccccc2)C3)c1. The molecule has 4 heteroatoms. The zero-order chi connectivity index (χ0) is 17.2. The average molecular weight is 336 g/mol. The summed E-state index contributed by atoms with van der Waals surface area (Å²) in [6.07, 6.45) is 2.51. The topological polar surface area (TPSA) is 52.6 Å². The van der Waals surface area contributed by atoms with Crippen LogP contribution in [0.25, 0.3) is 0 Å². The second-order valence-corrected chi connectivity index (χ2v) is 7.33. The van der Waals surface area contributed by atoms with E-state index < -0.39 is 5.97 Å². The Morgan fingerprint density at radius 3 is 2.44 bits per heavy atom. The standard InChI is InChI=1S/C21H24N2O2/c24-21(25)16-7-4-8-19(11-16)22-20-17-9-10-18(20)14-23(13-17)12-15-5-2-1-3-6-15/h1-8,11,17-18,20,22H,9-10,12-14H2,(H,24,25). The highest BCUT2D eigenvalue weighted by atomic mass is 16.4. The molecule has 2 bridgehead atoms. The molecule has 2 N–H and O–H groups in total. The van der Waals surface area contributed by atoms with Crippen LogP contribution < -0.4 is 5.32 Å². The quantitative estimate of drug-likeness (QED) is 0.874. The minimum absolute atomic E-state index is 0.346. The molecule has 1 aliphatic heterocycles. The highest BCUT2D eigenvalue weighted by molar-refractivity contribution is 5.88. The summed E-state index contributed by atoms with van der Waals surface area (Å²) in [5.41, 5.74) is 2.65. The van der Waals surface area contributed by atoms with Gasteiger partial charge in [-0.05, 0) is 48.4 Å². The summed E-state index contributed by atoms with van der Waals surface area (Å²) in [4.78, 5) is 13.7. The van der Waals surface area contributed by atoms with E-state index in [1.807, 2.05) is 12.1 Å². The highest BCUT2D eigenvalue weighted by Gasteiger charge is 2.41. The van der Waals surface area contributed by atoms with Gasteiger partial charge in [0, 0.05) is 31.4 Å². The number of carboxylic acids is 1. The zero-order valence-electron chi connectivity index (χ0n) is 14.3.